The second kappa shape index (κ2) is 10.7. The van der Waals surface area contributed by atoms with Gasteiger partial charge in [-0.3, -0.25) is 4.90 Å². The highest BCUT2D eigenvalue weighted by molar-refractivity contribution is 6.40. The number of ether oxygens (including phenoxy) is 1. The number of hydrogen-bond acceptors (Lipinski definition) is 6. The van der Waals surface area contributed by atoms with Gasteiger partial charge in [0, 0.05) is 32.2 Å². The summed E-state index contributed by atoms with van der Waals surface area (Å²) in [5.74, 6) is 0.936. The van der Waals surface area contributed by atoms with Crippen LogP contribution in [0, 0.1) is 0 Å². The number of methoxy groups -OCH3 is 1. The fourth-order valence-corrected chi connectivity index (χ4v) is 3.33. The highest BCUT2D eigenvalue weighted by Crippen LogP contribution is 2.28. The van der Waals surface area contributed by atoms with E-state index in [1.165, 1.54) is 5.69 Å². The highest BCUT2D eigenvalue weighted by Gasteiger charge is 2.19. The Labute approximate surface area is 151 Å². The van der Waals surface area contributed by atoms with Crippen LogP contribution in [-0.2, 0) is 0 Å². The quantitative estimate of drug-likeness (QED) is 0.435. The summed E-state index contributed by atoms with van der Waals surface area (Å²) < 4.78 is 5.46. The normalized spacial score (nSPS) is 16.7. The Morgan fingerprint density at radius 3 is 2.52 bits per heavy atom. The molecule has 1 heterocycles. The van der Waals surface area contributed by atoms with Crippen molar-refractivity contribution in [3.8, 4) is 5.75 Å². The summed E-state index contributed by atoms with van der Waals surface area (Å²) in [7, 11) is 0.535. The first-order valence-electron chi connectivity index (χ1n) is 9.32. The molecule has 0 aromatic heterocycles. The third-order valence-electron chi connectivity index (χ3n) is 4.90. The molecule has 0 bridgehead atoms. The lowest BCUT2D eigenvalue weighted by atomic mass is 9.83. The summed E-state index contributed by atoms with van der Waals surface area (Å²) in [6, 6.07) is 8.38. The van der Waals surface area contributed by atoms with E-state index < -0.39 is 7.12 Å². The average Bonchev–Trinajstić information content (AvgIpc) is 2.64. The maximum absolute atomic E-state index is 8.83. The minimum atomic E-state index is -1.18. The number of nitrogens with two attached hydrogens (primary N) is 1. The number of piperazine rings is 1. The van der Waals surface area contributed by atoms with E-state index in [4.69, 9.17) is 20.5 Å². The van der Waals surface area contributed by atoms with Gasteiger partial charge in [-0.25, -0.2) is 0 Å². The lowest BCUT2D eigenvalue weighted by Crippen LogP contribution is -2.47. The van der Waals surface area contributed by atoms with Gasteiger partial charge in [-0.2, -0.15) is 0 Å². The van der Waals surface area contributed by atoms with E-state index in [2.05, 4.69) is 21.9 Å². The van der Waals surface area contributed by atoms with E-state index in [0.29, 0.717) is 6.32 Å². The zero-order valence-electron chi connectivity index (χ0n) is 15.3. The second-order valence-electron chi connectivity index (χ2n) is 6.81. The van der Waals surface area contributed by atoms with Crippen LogP contribution in [-0.4, -0.2) is 67.9 Å². The van der Waals surface area contributed by atoms with E-state index >= 15 is 0 Å². The molecule has 0 aliphatic carbocycles. The Morgan fingerprint density at radius 1 is 1.12 bits per heavy atom. The fraction of sp³-hybridized carbons (Fsp3) is 0.667. The van der Waals surface area contributed by atoms with Gasteiger partial charge in [0.1, 0.15) is 5.75 Å². The molecule has 0 radical (unpaired) electrons. The molecular weight excluding hydrogens is 317 g/mol. The third kappa shape index (κ3) is 6.86. The maximum atomic E-state index is 8.83. The molecule has 1 aromatic rings. The van der Waals surface area contributed by atoms with Gasteiger partial charge in [-0.05, 0) is 37.8 Å². The summed E-state index contributed by atoms with van der Waals surface area (Å²) >= 11 is 0. The molecule has 1 unspecified atom stereocenters. The monoisotopic (exact) mass is 349 g/mol. The SMILES string of the molecule is COc1ccccc1N1CCN(CCC(N)CCCCB(O)O)CC1. The van der Waals surface area contributed by atoms with Crippen molar-refractivity contribution < 1.29 is 14.8 Å². The number of hydrogen-bond donors (Lipinski definition) is 3. The van der Waals surface area contributed by atoms with Crippen LogP contribution in [0.2, 0.25) is 6.32 Å². The van der Waals surface area contributed by atoms with Gasteiger partial charge in [-0.15, -0.1) is 0 Å². The molecule has 1 aliphatic rings. The Morgan fingerprint density at radius 2 is 1.84 bits per heavy atom. The predicted octanol–water partition coefficient (Wildman–Crippen LogP) is 1.18. The predicted molar refractivity (Wildman–Crippen MR) is 103 cm³/mol. The molecule has 0 saturated carbocycles. The standard InChI is InChI=1S/C18H32BN3O3/c1-25-18-8-3-2-7-17(18)22-14-12-21(13-15-22)11-9-16(20)6-4-5-10-19(23)24/h2-3,7-8,16,23-24H,4-6,9-15,20H2,1H3. The van der Waals surface area contributed by atoms with Gasteiger partial charge in [-0.1, -0.05) is 25.0 Å². The molecule has 25 heavy (non-hydrogen) atoms. The van der Waals surface area contributed by atoms with Crippen LogP contribution in [0.4, 0.5) is 5.69 Å². The van der Waals surface area contributed by atoms with E-state index in [0.717, 1.165) is 64.2 Å². The van der Waals surface area contributed by atoms with Crippen molar-refractivity contribution in [2.24, 2.45) is 5.73 Å². The molecule has 4 N–H and O–H groups in total. The molecule has 1 atom stereocenters. The zero-order chi connectivity index (χ0) is 18.1. The molecule has 1 saturated heterocycles. The zero-order valence-corrected chi connectivity index (χ0v) is 15.3. The lowest BCUT2D eigenvalue weighted by Gasteiger charge is -2.37. The largest absolute Gasteiger partial charge is 0.495 e. The van der Waals surface area contributed by atoms with Crippen LogP contribution < -0.4 is 15.4 Å². The van der Waals surface area contributed by atoms with E-state index in [9.17, 15) is 0 Å². The smallest absolute Gasteiger partial charge is 0.451 e. The van der Waals surface area contributed by atoms with Crippen LogP contribution in [0.3, 0.4) is 0 Å². The van der Waals surface area contributed by atoms with Crippen LogP contribution in [0.15, 0.2) is 24.3 Å². The van der Waals surface area contributed by atoms with Gasteiger partial charge in [0.05, 0.1) is 12.8 Å². The number of benzene rings is 1. The number of anilines is 1. The summed E-state index contributed by atoms with van der Waals surface area (Å²) in [6.07, 6.45) is 4.17. The molecule has 1 aromatic carbocycles. The summed E-state index contributed by atoms with van der Waals surface area (Å²) in [5.41, 5.74) is 7.36. The van der Waals surface area contributed by atoms with Gasteiger partial charge in [0.25, 0.3) is 0 Å². The number of unbranched alkanes of at least 4 members (excludes halogenated alkanes) is 1. The van der Waals surface area contributed by atoms with Crippen LogP contribution in [0.5, 0.6) is 5.75 Å². The number of nitrogens with zero attached hydrogens (tertiary/aromatic N) is 2. The summed E-state index contributed by atoms with van der Waals surface area (Å²) in [4.78, 5) is 4.86. The number of para-hydroxylation sites is 2. The first-order chi connectivity index (χ1) is 12.1. The minimum absolute atomic E-state index is 0.197. The first-order valence-corrected chi connectivity index (χ1v) is 9.32. The minimum Gasteiger partial charge on any atom is -0.495 e. The highest BCUT2D eigenvalue weighted by atomic mass is 16.5. The Bertz CT molecular complexity index is 496. The molecule has 140 valence electrons. The van der Waals surface area contributed by atoms with Gasteiger partial charge >= 0.3 is 7.12 Å². The van der Waals surface area contributed by atoms with Gasteiger partial charge in [0.15, 0.2) is 0 Å². The van der Waals surface area contributed by atoms with Crippen molar-refractivity contribution in [3.63, 3.8) is 0 Å². The van der Waals surface area contributed by atoms with Crippen molar-refractivity contribution in [1.82, 2.24) is 4.90 Å². The molecule has 0 amide bonds. The number of rotatable bonds is 10. The lowest BCUT2D eigenvalue weighted by molar-refractivity contribution is 0.245. The molecule has 6 nitrogen and oxygen atoms in total. The van der Waals surface area contributed by atoms with Gasteiger partial charge in [0.2, 0.25) is 0 Å². The van der Waals surface area contributed by atoms with Crippen LogP contribution in [0.25, 0.3) is 0 Å². The Balaban J connectivity index is 1.65. The van der Waals surface area contributed by atoms with Crippen LogP contribution >= 0.6 is 0 Å². The maximum Gasteiger partial charge on any atom is 0.451 e. The molecule has 1 fully saturated rings. The van der Waals surface area contributed by atoms with Crippen LogP contribution in [0.1, 0.15) is 25.7 Å². The first kappa shape index (κ1) is 20.0. The van der Waals surface area contributed by atoms with E-state index in [1.54, 1.807) is 7.11 Å². The summed E-state index contributed by atoms with van der Waals surface area (Å²) in [6.45, 7) is 5.13. The molecule has 7 heteroatoms. The van der Waals surface area contributed by atoms with Gasteiger partial charge < -0.3 is 25.4 Å². The van der Waals surface area contributed by atoms with E-state index in [-0.39, 0.29) is 6.04 Å². The van der Waals surface area contributed by atoms with Crippen molar-refractivity contribution >= 4 is 12.8 Å². The van der Waals surface area contributed by atoms with Crippen molar-refractivity contribution in [2.75, 3.05) is 44.7 Å². The van der Waals surface area contributed by atoms with Crippen molar-refractivity contribution in [3.05, 3.63) is 24.3 Å². The van der Waals surface area contributed by atoms with Crippen molar-refractivity contribution in [1.29, 1.82) is 0 Å². The topological polar surface area (TPSA) is 82.2 Å². The average molecular weight is 349 g/mol. The second-order valence-corrected chi connectivity index (χ2v) is 6.81. The molecule has 0 spiro atoms. The summed E-state index contributed by atoms with van der Waals surface area (Å²) in [5, 5.41) is 17.7. The Hall–Kier alpha value is -1.28. The molecule has 2 rings (SSSR count). The van der Waals surface area contributed by atoms with Crippen molar-refractivity contribution in [2.45, 2.75) is 38.0 Å². The van der Waals surface area contributed by atoms with E-state index in [1.807, 2.05) is 12.1 Å². The Kier molecular flexibility index (Phi) is 8.54. The molecule has 1 aliphatic heterocycles. The fourth-order valence-electron chi connectivity index (χ4n) is 3.33. The molecular formula is C18H32BN3O3. The third-order valence-corrected chi connectivity index (χ3v) is 4.90.